The van der Waals surface area contributed by atoms with Crippen molar-refractivity contribution >= 4 is 21.6 Å². The third kappa shape index (κ3) is 2.06. The number of nitrogens with zero attached hydrogens (tertiary/aromatic N) is 1. The Balaban J connectivity index is 2.42. The second kappa shape index (κ2) is 4.29. The summed E-state index contributed by atoms with van der Waals surface area (Å²) in [7, 11) is -3.91. The van der Waals surface area contributed by atoms with Crippen LogP contribution in [0.4, 0.5) is 4.39 Å². The molecule has 0 aliphatic carbocycles. The molecule has 88 valence electrons. The van der Waals surface area contributed by atoms with Gasteiger partial charge in [-0.1, -0.05) is 16.1 Å². The summed E-state index contributed by atoms with van der Waals surface area (Å²) in [6.45, 7) is 0.568. The summed E-state index contributed by atoms with van der Waals surface area (Å²) in [6.07, 6.45) is 0.606. The molecule has 4 nitrogen and oxygen atoms in total. The molecule has 1 aliphatic rings. The molecule has 0 N–H and O–H groups in total. The van der Waals surface area contributed by atoms with Crippen LogP contribution >= 0.6 is 11.6 Å². The van der Waals surface area contributed by atoms with E-state index in [1.807, 2.05) is 0 Å². The number of sulfonamides is 1. The summed E-state index contributed by atoms with van der Waals surface area (Å²) in [5.41, 5.74) is 0. The van der Waals surface area contributed by atoms with E-state index < -0.39 is 20.7 Å². The molecule has 0 amide bonds. The van der Waals surface area contributed by atoms with Gasteiger partial charge in [0.25, 0.3) is 10.0 Å². The molecule has 2 rings (SSSR count). The van der Waals surface area contributed by atoms with E-state index in [0.717, 1.165) is 16.6 Å². The van der Waals surface area contributed by atoms with E-state index in [0.29, 0.717) is 13.0 Å². The molecule has 0 aromatic heterocycles. The van der Waals surface area contributed by atoms with Crippen LogP contribution in [0.2, 0.25) is 5.02 Å². The second-order valence-electron chi connectivity index (χ2n) is 3.29. The zero-order valence-electron chi connectivity index (χ0n) is 8.19. The van der Waals surface area contributed by atoms with E-state index in [2.05, 4.69) is 0 Å². The maximum atomic E-state index is 13.5. The van der Waals surface area contributed by atoms with Crippen molar-refractivity contribution in [3.8, 4) is 0 Å². The van der Waals surface area contributed by atoms with E-state index in [1.54, 1.807) is 0 Å². The first kappa shape index (κ1) is 11.8. The van der Waals surface area contributed by atoms with E-state index in [1.165, 1.54) is 6.07 Å². The Morgan fingerprint density at radius 3 is 2.75 bits per heavy atom. The molecule has 1 fully saturated rings. The van der Waals surface area contributed by atoms with Crippen molar-refractivity contribution < 1.29 is 17.6 Å². The fourth-order valence-corrected chi connectivity index (χ4v) is 2.91. The fraction of sp³-hybridized carbons (Fsp3) is 0.333. The highest BCUT2D eigenvalue weighted by Gasteiger charge is 2.31. The molecule has 0 spiro atoms. The summed E-state index contributed by atoms with van der Waals surface area (Å²) in [4.78, 5) is 4.49. The van der Waals surface area contributed by atoms with Crippen molar-refractivity contribution in [2.75, 3.05) is 13.2 Å². The van der Waals surface area contributed by atoms with E-state index in [-0.39, 0.29) is 11.6 Å². The molecular weight excluding hydrogens is 257 g/mol. The van der Waals surface area contributed by atoms with Gasteiger partial charge in [0, 0.05) is 11.6 Å². The van der Waals surface area contributed by atoms with Crippen molar-refractivity contribution in [1.82, 2.24) is 4.47 Å². The Labute approximate surface area is 97.6 Å². The average molecular weight is 266 g/mol. The Kier molecular flexibility index (Phi) is 3.16. The quantitative estimate of drug-likeness (QED) is 0.819. The number of benzene rings is 1. The van der Waals surface area contributed by atoms with Crippen LogP contribution in [-0.4, -0.2) is 26.0 Å². The zero-order chi connectivity index (χ0) is 11.8. The highest BCUT2D eigenvalue weighted by molar-refractivity contribution is 7.89. The molecule has 16 heavy (non-hydrogen) atoms. The van der Waals surface area contributed by atoms with E-state index >= 15 is 0 Å². The monoisotopic (exact) mass is 265 g/mol. The van der Waals surface area contributed by atoms with Crippen LogP contribution < -0.4 is 0 Å². The highest BCUT2D eigenvalue weighted by Crippen LogP contribution is 2.24. The number of hydrogen-bond acceptors (Lipinski definition) is 3. The minimum absolute atomic E-state index is 0.152. The summed E-state index contributed by atoms with van der Waals surface area (Å²) in [5, 5.41) is 0.152. The molecule has 0 unspecified atom stereocenters. The number of hydrogen-bond donors (Lipinski definition) is 0. The topological polar surface area (TPSA) is 46.6 Å². The molecule has 0 bridgehead atoms. The number of hydroxylamine groups is 1. The summed E-state index contributed by atoms with van der Waals surface area (Å²) < 4.78 is 38.0. The molecular formula is C9H9ClFNO3S. The molecule has 7 heteroatoms. The minimum Gasteiger partial charge on any atom is -0.284 e. The first-order chi connectivity index (χ1) is 7.51. The van der Waals surface area contributed by atoms with Crippen LogP contribution in [0.5, 0.6) is 0 Å². The molecule has 1 aliphatic heterocycles. The number of halogens is 2. The van der Waals surface area contributed by atoms with Gasteiger partial charge in [-0.25, -0.2) is 12.8 Å². The van der Waals surface area contributed by atoms with Gasteiger partial charge in [-0.3, -0.25) is 4.84 Å². The number of rotatable bonds is 2. The van der Waals surface area contributed by atoms with Gasteiger partial charge in [0.15, 0.2) is 0 Å². The molecule has 1 saturated heterocycles. The van der Waals surface area contributed by atoms with Gasteiger partial charge in [0.2, 0.25) is 0 Å². The summed E-state index contributed by atoms with van der Waals surface area (Å²) in [6, 6.07) is 3.42. The van der Waals surface area contributed by atoms with Crippen LogP contribution in [-0.2, 0) is 14.9 Å². The van der Waals surface area contributed by atoms with Crippen molar-refractivity contribution in [3.63, 3.8) is 0 Å². The smallest absolute Gasteiger partial charge is 0.267 e. The SMILES string of the molecule is O=S(=O)(c1ccc(Cl)cc1F)N1CCCO1. The van der Waals surface area contributed by atoms with Gasteiger partial charge in [0.1, 0.15) is 10.7 Å². The van der Waals surface area contributed by atoms with Crippen LogP contribution in [0.25, 0.3) is 0 Å². The lowest BCUT2D eigenvalue weighted by Gasteiger charge is -2.14. The predicted molar refractivity (Wildman–Crippen MR) is 55.9 cm³/mol. The van der Waals surface area contributed by atoms with E-state index in [9.17, 15) is 12.8 Å². The minimum atomic E-state index is -3.91. The van der Waals surface area contributed by atoms with Crippen LogP contribution in [0, 0.1) is 5.82 Å². The molecule has 1 aromatic rings. The van der Waals surface area contributed by atoms with Crippen molar-refractivity contribution in [1.29, 1.82) is 0 Å². The van der Waals surface area contributed by atoms with Crippen molar-refractivity contribution in [2.24, 2.45) is 0 Å². The third-order valence-corrected chi connectivity index (χ3v) is 4.11. The van der Waals surface area contributed by atoms with Crippen LogP contribution in [0.15, 0.2) is 23.1 Å². The van der Waals surface area contributed by atoms with Gasteiger partial charge in [-0.15, -0.1) is 0 Å². The van der Waals surface area contributed by atoms with Crippen LogP contribution in [0.3, 0.4) is 0 Å². The van der Waals surface area contributed by atoms with Gasteiger partial charge in [-0.05, 0) is 24.6 Å². The lowest BCUT2D eigenvalue weighted by atomic mass is 10.3. The lowest BCUT2D eigenvalue weighted by molar-refractivity contribution is -0.0286. The second-order valence-corrected chi connectivity index (χ2v) is 5.53. The van der Waals surface area contributed by atoms with Gasteiger partial charge >= 0.3 is 0 Å². The average Bonchev–Trinajstić information content (AvgIpc) is 2.69. The van der Waals surface area contributed by atoms with Crippen molar-refractivity contribution in [2.45, 2.75) is 11.3 Å². The first-order valence-electron chi connectivity index (χ1n) is 4.62. The fourth-order valence-electron chi connectivity index (χ4n) is 1.41. The predicted octanol–water partition coefficient (Wildman–Crippen LogP) is 1.81. The first-order valence-corrected chi connectivity index (χ1v) is 6.44. The third-order valence-electron chi connectivity index (χ3n) is 2.16. The molecule has 0 saturated carbocycles. The maximum absolute atomic E-state index is 13.5. The summed E-state index contributed by atoms with van der Waals surface area (Å²) >= 11 is 5.55. The molecule has 0 radical (unpaired) electrons. The Bertz CT molecular complexity index is 499. The van der Waals surface area contributed by atoms with Gasteiger partial charge < -0.3 is 0 Å². The van der Waals surface area contributed by atoms with Gasteiger partial charge in [0.05, 0.1) is 6.61 Å². The van der Waals surface area contributed by atoms with Crippen molar-refractivity contribution in [3.05, 3.63) is 29.0 Å². The summed E-state index contributed by atoms with van der Waals surface area (Å²) in [5.74, 6) is -0.872. The van der Waals surface area contributed by atoms with Gasteiger partial charge in [-0.2, -0.15) is 0 Å². The van der Waals surface area contributed by atoms with Crippen LogP contribution in [0.1, 0.15) is 6.42 Å². The normalized spacial score (nSPS) is 17.9. The maximum Gasteiger partial charge on any atom is 0.267 e. The highest BCUT2D eigenvalue weighted by atomic mass is 35.5. The Morgan fingerprint density at radius 1 is 1.44 bits per heavy atom. The molecule has 0 atom stereocenters. The Morgan fingerprint density at radius 2 is 2.19 bits per heavy atom. The van der Waals surface area contributed by atoms with E-state index in [4.69, 9.17) is 16.4 Å². The lowest BCUT2D eigenvalue weighted by Crippen LogP contribution is -2.27. The molecule has 1 aromatic carbocycles. The standard InChI is InChI=1S/C9H9ClFNO3S/c10-7-2-3-9(8(11)6-7)16(13,14)12-4-1-5-15-12/h2-3,6H,1,4-5H2. The Hall–Kier alpha value is -0.690. The molecule has 1 heterocycles. The zero-order valence-corrected chi connectivity index (χ0v) is 9.76. The largest absolute Gasteiger partial charge is 0.284 e.